The number of benzene rings is 2. The van der Waals surface area contributed by atoms with Gasteiger partial charge < -0.3 is 14.8 Å². The van der Waals surface area contributed by atoms with E-state index < -0.39 is 11.7 Å². The van der Waals surface area contributed by atoms with E-state index in [1.807, 2.05) is 6.92 Å². The smallest absolute Gasteiger partial charge is 0.266 e. The molecule has 0 spiro atoms. The quantitative estimate of drug-likeness (QED) is 0.511. The van der Waals surface area contributed by atoms with Crippen LogP contribution < -0.4 is 14.8 Å². The van der Waals surface area contributed by atoms with E-state index >= 15 is 0 Å². The molecule has 0 aromatic heterocycles. The van der Waals surface area contributed by atoms with Gasteiger partial charge in [0, 0.05) is 17.8 Å². The Labute approximate surface area is 183 Å². The Bertz CT molecular complexity index is 1010. The Morgan fingerprint density at radius 2 is 2.00 bits per heavy atom. The number of para-hydroxylation sites is 1. The number of anilines is 1. The van der Waals surface area contributed by atoms with E-state index in [0.29, 0.717) is 38.5 Å². The molecule has 0 unspecified atom stereocenters. The monoisotopic (exact) mass is 446 g/mol. The summed E-state index contributed by atoms with van der Waals surface area (Å²) in [5.41, 5.74) is 1.04. The molecule has 1 aliphatic rings. The van der Waals surface area contributed by atoms with Gasteiger partial charge in [0.25, 0.3) is 11.8 Å². The van der Waals surface area contributed by atoms with Gasteiger partial charge in [-0.25, -0.2) is 4.39 Å². The molecular weight excluding hydrogens is 427 g/mol. The number of amides is 2. The molecule has 2 aromatic carbocycles. The Morgan fingerprint density at radius 3 is 2.63 bits per heavy atom. The van der Waals surface area contributed by atoms with Crippen molar-refractivity contribution in [2.24, 2.45) is 0 Å². The van der Waals surface area contributed by atoms with Crippen molar-refractivity contribution < 1.29 is 23.5 Å². The molecule has 156 valence electrons. The van der Waals surface area contributed by atoms with Crippen molar-refractivity contribution >= 4 is 51.9 Å². The van der Waals surface area contributed by atoms with Gasteiger partial charge in [0.15, 0.2) is 18.1 Å². The van der Waals surface area contributed by atoms with Crippen LogP contribution in [0.15, 0.2) is 47.4 Å². The molecule has 1 N–H and O–H groups in total. The van der Waals surface area contributed by atoms with Gasteiger partial charge >= 0.3 is 0 Å². The van der Waals surface area contributed by atoms with E-state index in [0.717, 1.165) is 0 Å². The van der Waals surface area contributed by atoms with Crippen LogP contribution in [0.25, 0.3) is 6.08 Å². The number of halogens is 1. The summed E-state index contributed by atoms with van der Waals surface area (Å²) in [6, 6.07) is 10.6. The largest absolute Gasteiger partial charge is 0.493 e. The van der Waals surface area contributed by atoms with E-state index in [4.69, 9.17) is 21.7 Å². The summed E-state index contributed by atoms with van der Waals surface area (Å²) >= 11 is 6.46. The number of thiocarbonyl (C=S) groups is 1. The first kappa shape index (κ1) is 21.8. The zero-order valence-corrected chi connectivity index (χ0v) is 17.9. The molecular formula is C21H19FN2O4S2. The molecule has 1 aliphatic heterocycles. The standard InChI is InChI=1S/C21H19FN2O4S2/c1-3-24-20(26)17(30-21(24)29)11-13-5-4-6-16(27-2)19(13)28-12-18(25)23-15-9-7-14(22)8-10-15/h4-11H,3,12H2,1-2H3,(H,23,25). The molecule has 1 saturated heterocycles. The zero-order valence-electron chi connectivity index (χ0n) is 16.3. The first-order valence-electron chi connectivity index (χ1n) is 9.03. The van der Waals surface area contributed by atoms with E-state index in [2.05, 4.69) is 5.32 Å². The van der Waals surface area contributed by atoms with Crippen molar-refractivity contribution in [2.75, 3.05) is 25.6 Å². The van der Waals surface area contributed by atoms with E-state index in [-0.39, 0.29) is 12.5 Å². The van der Waals surface area contributed by atoms with Crippen molar-refractivity contribution in [2.45, 2.75) is 6.92 Å². The number of hydrogen-bond acceptors (Lipinski definition) is 6. The molecule has 0 saturated carbocycles. The molecule has 0 atom stereocenters. The molecule has 1 heterocycles. The molecule has 1 fully saturated rings. The van der Waals surface area contributed by atoms with Gasteiger partial charge in [-0.15, -0.1) is 0 Å². The van der Waals surface area contributed by atoms with Crippen LogP contribution in [0.1, 0.15) is 12.5 Å². The predicted molar refractivity (Wildman–Crippen MR) is 119 cm³/mol. The summed E-state index contributed by atoms with van der Waals surface area (Å²) in [5.74, 6) is -0.234. The van der Waals surface area contributed by atoms with Crippen molar-refractivity contribution in [3.63, 3.8) is 0 Å². The van der Waals surface area contributed by atoms with E-state index in [1.54, 1.807) is 24.3 Å². The van der Waals surface area contributed by atoms with Crippen molar-refractivity contribution in [3.8, 4) is 11.5 Å². The van der Waals surface area contributed by atoms with Gasteiger partial charge in [0.05, 0.1) is 12.0 Å². The molecule has 9 heteroatoms. The minimum atomic E-state index is -0.421. The number of ether oxygens (including phenoxy) is 2. The van der Waals surface area contributed by atoms with Gasteiger partial charge in [0.1, 0.15) is 10.1 Å². The first-order chi connectivity index (χ1) is 14.4. The van der Waals surface area contributed by atoms with Crippen LogP contribution in [0.2, 0.25) is 0 Å². The summed E-state index contributed by atoms with van der Waals surface area (Å²) in [5, 5.41) is 2.63. The fourth-order valence-electron chi connectivity index (χ4n) is 2.74. The summed E-state index contributed by atoms with van der Waals surface area (Å²) in [7, 11) is 1.49. The third kappa shape index (κ3) is 4.98. The second-order valence-corrected chi connectivity index (χ2v) is 7.82. The lowest BCUT2D eigenvalue weighted by atomic mass is 10.1. The van der Waals surface area contributed by atoms with Gasteiger partial charge in [-0.3, -0.25) is 14.5 Å². The van der Waals surface area contributed by atoms with Gasteiger partial charge in [-0.1, -0.05) is 36.1 Å². The third-order valence-electron chi connectivity index (χ3n) is 4.18. The van der Waals surface area contributed by atoms with Crippen LogP contribution in [-0.2, 0) is 9.59 Å². The maximum Gasteiger partial charge on any atom is 0.266 e. The number of carbonyl (C=O) groups is 2. The summed E-state index contributed by atoms with van der Waals surface area (Å²) in [4.78, 5) is 26.7. The third-order valence-corrected chi connectivity index (χ3v) is 5.56. The highest BCUT2D eigenvalue weighted by atomic mass is 32.2. The molecule has 3 rings (SSSR count). The summed E-state index contributed by atoms with van der Waals surface area (Å²) in [6.45, 7) is 2.05. The van der Waals surface area contributed by atoms with Gasteiger partial charge in [-0.2, -0.15) is 0 Å². The van der Waals surface area contributed by atoms with Crippen LogP contribution in [0.3, 0.4) is 0 Å². The Kier molecular flexibility index (Phi) is 7.07. The number of rotatable bonds is 7. The fourth-order valence-corrected chi connectivity index (χ4v) is 4.12. The average Bonchev–Trinajstić information content (AvgIpc) is 3.00. The second-order valence-electron chi connectivity index (χ2n) is 6.15. The Morgan fingerprint density at radius 1 is 1.27 bits per heavy atom. The highest BCUT2D eigenvalue weighted by Gasteiger charge is 2.31. The lowest BCUT2D eigenvalue weighted by Gasteiger charge is -2.14. The number of nitrogens with one attached hydrogen (secondary N) is 1. The van der Waals surface area contributed by atoms with Crippen molar-refractivity contribution in [1.82, 2.24) is 4.90 Å². The van der Waals surface area contributed by atoms with E-state index in [1.165, 1.54) is 48.0 Å². The molecule has 6 nitrogen and oxygen atoms in total. The van der Waals surface area contributed by atoms with Gasteiger partial charge in [-0.05, 0) is 43.3 Å². The Hall–Kier alpha value is -2.91. The van der Waals surface area contributed by atoms with Gasteiger partial charge in [0.2, 0.25) is 0 Å². The number of nitrogens with zero attached hydrogens (tertiary/aromatic N) is 1. The predicted octanol–water partition coefficient (Wildman–Crippen LogP) is 4.07. The number of carbonyl (C=O) groups excluding carboxylic acids is 2. The zero-order chi connectivity index (χ0) is 21.7. The number of likely N-dealkylation sites (N-methyl/N-ethyl adjacent to an activating group) is 1. The number of hydrogen-bond donors (Lipinski definition) is 1. The van der Waals surface area contributed by atoms with Crippen LogP contribution in [0, 0.1) is 5.82 Å². The van der Waals surface area contributed by atoms with E-state index in [9.17, 15) is 14.0 Å². The van der Waals surface area contributed by atoms with Crippen LogP contribution in [-0.4, -0.2) is 41.3 Å². The maximum atomic E-state index is 13.0. The minimum absolute atomic E-state index is 0.171. The highest BCUT2D eigenvalue weighted by molar-refractivity contribution is 8.26. The Balaban J connectivity index is 1.78. The summed E-state index contributed by atoms with van der Waals surface area (Å²) in [6.07, 6.45) is 1.67. The van der Waals surface area contributed by atoms with Crippen LogP contribution in [0.4, 0.5) is 10.1 Å². The lowest BCUT2D eigenvalue weighted by Crippen LogP contribution is -2.27. The second kappa shape index (κ2) is 9.73. The lowest BCUT2D eigenvalue weighted by molar-refractivity contribution is -0.122. The molecule has 30 heavy (non-hydrogen) atoms. The maximum absolute atomic E-state index is 13.0. The molecule has 2 aromatic rings. The first-order valence-corrected chi connectivity index (χ1v) is 10.3. The number of methoxy groups -OCH3 is 1. The molecule has 0 bridgehead atoms. The van der Waals surface area contributed by atoms with Crippen LogP contribution in [0.5, 0.6) is 11.5 Å². The summed E-state index contributed by atoms with van der Waals surface area (Å²) < 4.78 is 24.6. The molecule has 2 amide bonds. The van der Waals surface area contributed by atoms with Crippen LogP contribution >= 0.6 is 24.0 Å². The normalized spacial score (nSPS) is 14.9. The SMILES string of the molecule is CCN1C(=O)C(=Cc2cccc(OC)c2OCC(=O)Nc2ccc(F)cc2)SC1=S. The molecule has 0 aliphatic carbocycles. The minimum Gasteiger partial charge on any atom is -0.493 e. The topological polar surface area (TPSA) is 67.9 Å². The molecule has 0 radical (unpaired) electrons. The number of thioether (sulfide) groups is 1. The average molecular weight is 447 g/mol. The highest BCUT2D eigenvalue weighted by Crippen LogP contribution is 2.37. The van der Waals surface area contributed by atoms with Crippen molar-refractivity contribution in [3.05, 3.63) is 58.8 Å². The van der Waals surface area contributed by atoms with Crippen molar-refractivity contribution in [1.29, 1.82) is 0 Å². The fraction of sp³-hybridized carbons (Fsp3) is 0.190.